The van der Waals surface area contributed by atoms with Crippen LogP contribution >= 0.6 is 0 Å². The van der Waals surface area contributed by atoms with E-state index in [4.69, 9.17) is 4.74 Å². The Hall–Kier alpha value is -3.03. The Bertz CT molecular complexity index is 800. The average Bonchev–Trinajstić information content (AvgIpc) is 3.06. The maximum atomic E-state index is 12.5. The highest BCUT2D eigenvalue weighted by Gasteiger charge is 2.19. The van der Waals surface area contributed by atoms with Crippen molar-refractivity contribution in [3.05, 3.63) is 42.0 Å². The van der Waals surface area contributed by atoms with Gasteiger partial charge in [0.05, 0.1) is 18.7 Å². The molecule has 0 unspecified atom stereocenters. The zero-order valence-electron chi connectivity index (χ0n) is 16.4. The molecule has 27 heavy (non-hydrogen) atoms. The molecule has 0 fully saturated rings. The number of urea groups is 1. The summed E-state index contributed by atoms with van der Waals surface area (Å²) in [5.41, 5.74) is 0.892. The Labute approximate surface area is 159 Å². The first-order valence-electron chi connectivity index (χ1n) is 8.81. The number of carbonyl (C=O) groups excluding carboxylic acids is 2. The number of ether oxygens (including phenoxy) is 1. The van der Waals surface area contributed by atoms with Crippen LogP contribution in [0.3, 0.4) is 0 Å². The number of aromatic nitrogens is 2. The SMILES string of the molecule is CCC[C@@H](NC(=O)Nc1ccc(OC)c(C(=O)N(C)C)c1)c1nccn1C. The molecule has 0 saturated carbocycles. The Balaban J connectivity index is 2.16. The molecule has 146 valence electrons. The van der Waals surface area contributed by atoms with Gasteiger partial charge in [0.1, 0.15) is 11.6 Å². The largest absolute Gasteiger partial charge is 0.496 e. The summed E-state index contributed by atoms with van der Waals surface area (Å²) in [6.07, 6.45) is 5.23. The van der Waals surface area contributed by atoms with Gasteiger partial charge in [-0.05, 0) is 24.6 Å². The number of anilines is 1. The van der Waals surface area contributed by atoms with Crippen LogP contribution in [0.15, 0.2) is 30.6 Å². The van der Waals surface area contributed by atoms with E-state index in [1.807, 2.05) is 17.8 Å². The van der Waals surface area contributed by atoms with E-state index >= 15 is 0 Å². The van der Waals surface area contributed by atoms with Crippen molar-refractivity contribution in [1.29, 1.82) is 0 Å². The van der Waals surface area contributed by atoms with Gasteiger partial charge in [-0.1, -0.05) is 13.3 Å². The van der Waals surface area contributed by atoms with Crippen LogP contribution < -0.4 is 15.4 Å². The number of benzene rings is 1. The van der Waals surface area contributed by atoms with Gasteiger partial charge in [0.2, 0.25) is 0 Å². The normalized spacial score (nSPS) is 11.6. The highest BCUT2D eigenvalue weighted by atomic mass is 16.5. The molecule has 0 aliphatic carbocycles. The molecule has 1 aromatic carbocycles. The van der Waals surface area contributed by atoms with Crippen LogP contribution in [-0.2, 0) is 7.05 Å². The van der Waals surface area contributed by atoms with Crippen molar-refractivity contribution in [2.24, 2.45) is 7.05 Å². The van der Waals surface area contributed by atoms with Gasteiger partial charge in [0, 0.05) is 39.2 Å². The number of hydrogen-bond donors (Lipinski definition) is 2. The summed E-state index contributed by atoms with van der Waals surface area (Å²) < 4.78 is 7.14. The lowest BCUT2D eigenvalue weighted by atomic mass is 10.1. The van der Waals surface area contributed by atoms with Gasteiger partial charge in [-0.2, -0.15) is 0 Å². The summed E-state index contributed by atoms with van der Waals surface area (Å²) in [6, 6.07) is 4.41. The third-order valence-corrected chi connectivity index (χ3v) is 4.15. The van der Waals surface area contributed by atoms with Crippen LogP contribution in [0.2, 0.25) is 0 Å². The van der Waals surface area contributed by atoms with Crippen LogP contribution in [0, 0.1) is 0 Å². The van der Waals surface area contributed by atoms with Crippen LogP contribution in [0.1, 0.15) is 42.0 Å². The lowest BCUT2D eigenvalue weighted by molar-refractivity contribution is 0.0824. The number of hydrogen-bond acceptors (Lipinski definition) is 4. The van der Waals surface area contributed by atoms with E-state index in [2.05, 4.69) is 22.5 Å². The third kappa shape index (κ3) is 4.99. The van der Waals surface area contributed by atoms with E-state index in [-0.39, 0.29) is 18.0 Å². The number of nitrogens with zero attached hydrogens (tertiary/aromatic N) is 3. The molecule has 2 rings (SSSR count). The first kappa shape index (κ1) is 20.3. The maximum absolute atomic E-state index is 12.5. The zero-order chi connectivity index (χ0) is 20.0. The predicted molar refractivity (Wildman–Crippen MR) is 104 cm³/mol. The predicted octanol–water partition coefficient (Wildman–Crippen LogP) is 2.79. The summed E-state index contributed by atoms with van der Waals surface area (Å²) in [5, 5.41) is 5.73. The number of imidazole rings is 1. The molecule has 3 amide bonds. The van der Waals surface area contributed by atoms with E-state index in [1.54, 1.807) is 38.5 Å². The van der Waals surface area contributed by atoms with Crippen molar-refractivity contribution in [3.8, 4) is 5.75 Å². The fourth-order valence-electron chi connectivity index (χ4n) is 2.79. The highest BCUT2D eigenvalue weighted by Crippen LogP contribution is 2.24. The van der Waals surface area contributed by atoms with Gasteiger partial charge < -0.3 is 24.8 Å². The summed E-state index contributed by atoms with van der Waals surface area (Å²) in [4.78, 5) is 30.6. The zero-order valence-corrected chi connectivity index (χ0v) is 16.4. The van der Waals surface area contributed by atoms with Crippen molar-refractivity contribution in [1.82, 2.24) is 19.8 Å². The summed E-state index contributed by atoms with van der Waals surface area (Å²) in [7, 11) is 6.73. The molecule has 8 heteroatoms. The molecule has 0 bridgehead atoms. The molecule has 0 spiro atoms. The van der Waals surface area contributed by atoms with Gasteiger partial charge in [-0.25, -0.2) is 9.78 Å². The molecular formula is C19H27N5O3. The van der Waals surface area contributed by atoms with E-state index < -0.39 is 0 Å². The van der Waals surface area contributed by atoms with Gasteiger partial charge in [-0.3, -0.25) is 4.79 Å². The van der Waals surface area contributed by atoms with Gasteiger partial charge in [-0.15, -0.1) is 0 Å². The monoisotopic (exact) mass is 373 g/mol. The maximum Gasteiger partial charge on any atom is 0.319 e. The molecule has 2 N–H and O–H groups in total. The fraction of sp³-hybridized carbons (Fsp3) is 0.421. The Morgan fingerprint density at radius 2 is 2.07 bits per heavy atom. The van der Waals surface area contributed by atoms with E-state index in [0.717, 1.165) is 18.7 Å². The fourth-order valence-corrected chi connectivity index (χ4v) is 2.79. The second-order valence-electron chi connectivity index (χ2n) is 6.45. The van der Waals surface area contributed by atoms with Crippen LogP contribution in [0.5, 0.6) is 5.75 Å². The Morgan fingerprint density at radius 3 is 2.63 bits per heavy atom. The third-order valence-electron chi connectivity index (χ3n) is 4.15. The number of amides is 3. The average molecular weight is 373 g/mol. The lowest BCUT2D eigenvalue weighted by Gasteiger charge is -2.19. The van der Waals surface area contributed by atoms with E-state index in [9.17, 15) is 9.59 Å². The first-order chi connectivity index (χ1) is 12.9. The van der Waals surface area contributed by atoms with Crippen molar-refractivity contribution in [2.45, 2.75) is 25.8 Å². The minimum atomic E-state index is -0.357. The second-order valence-corrected chi connectivity index (χ2v) is 6.45. The van der Waals surface area contributed by atoms with E-state index in [0.29, 0.717) is 17.0 Å². The van der Waals surface area contributed by atoms with Crippen molar-refractivity contribution < 1.29 is 14.3 Å². The van der Waals surface area contributed by atoms with Crippen molar-refractivity contribution in [2.75, 3.05) is 26.5 Å². The first-order valence-corrected chi connectivity index (χ1v) is 8.81. The molecule has 1 atom stereocenters. The molecule has 2 aromatic rings. The molecule has 8 nitrogen and oxygen atoms in total. The molecule has 0 aliphatic rings. The van der Waals surface area contributed by atoms with Crippen LogP contribution in [-0.4, -0.2) is 47.6 Å². The topological polar surface area (TPSA) is 88.5 Å². The molecular weight excluding hydrogens is 346 g/mol. The summed E-state index contributed by atoms with van der Waals surface area (Å²) >= 11 is 0. The van der Waals surface area contributed by atoms with Gasteiger partial charge >= 0.3 is 6.03 Å². The molecule has 1 heterocycles. The Kier molecular flexibility index (Phi) is 6.81. The number of aryl methyl sites for hydroxylation is 1. The van der Waals surface area contributed by atoms with Gasteiger partial charge in [0.25, 0.3) is 5.91 Å². The highest BCUT2D eigenvalue weighted by molar-refractivity contribution is 5.99. The number of methoxy groups -OCH3 is 1. The molecule has 0 saturated heterocycles. The minimum absolute atomic E-state index is 0.198. The van der Waals surface area contributed by atoms with Crippen molar-refractivity contribution >= 4 is 17.6 Å². The standard InChI is InChI=1S/C19H27N5O3/c1-6-7-15(17-20-10-11-24(17)4)22-19(26)21-13-8-9-16(27-5)14(12-13)18(25)23(2)3/h8-12,15H,6-7H2,1-5H3,(H2,21,22,26)/t15-/m1/s1. The summed E-state index contributed by atoms with van der Waals surface area (Å²) in [6.45, 7) is 2.05. The number of rotatable bonds is 7. The van der Waals surface area contributed by atoms with Crippen molar-refractivity contribution in [3.63, 3.8) is 0 Å². The molecule has 0 radical (unpaired) electrons. The van der Waals surface area contributed by atoms with Gasteiger partial charge in [0.15, 0.2) is 0 Å². The molecule has 1 aromatic heterocycles. The lowest BCUT2D eigenvalue weighted by Crippen LogP contribution is -2.34. The molecule has 0 aliphatic heterocycles. The minimum Gasteiger partial charge on any atom is -0.496 e. The quantitative estimate of drug-likeness (QED) is 0.781. The summed E-state index contributed by atoms with van der Waals surface area (Å²) in [5.74, 6) is 1.05. The number of carbonyl (C=O) groups is 2. The second kappa shape index (κ2) is 9.07. The van der Waals surface area contributed by atoms with Crippen LogP contribution in [0.4, 0.5) is 10.5 Å². The smallest absolute Gasteiger partial charge is 0.319 e. The number of nitrogens with one attached hydrogen (secondary N) is 2. The Morgan fingerprint density at radius 1 is 1.33 bits per heavy atom. The van der Waals surface area contributed by atoms with Crippen LogP contribution in [0.25, 0.3) is 0 Å². The van der Waals surface area contributed by atoms with E-state index in [1.165, 1.54) is 12.0 Å².